The molecule has 1 saturated heterocycles. The van der Waals surface area contributed by atoms with Crippen molar-refractivity contribution in [2.75, 3.05) is 26.2 Å². The fraction of sp³-hybridized carbons (Fsp3) is 0.667. The molecule has 0 amide bonds. The number of nitrogens with one attached hydrogen (secondary N) is 1. The molecule has 3 heteroatoms. The van der Waals surface area contributed by atoms with Crippen LogP contribution < -0.4 is 10.1 Å². The highest BCUT2D eigenvalue weighted by Gasteiger charge is 2.27. The number of piperazine rings is 1. The highest BCUT2D eigenvalue weighted by Crippen LogP contribution is 2.16. The number of nitrogens with zero attached hydrogens (tertiary/aromatic N) is 1. The van der Waals surface area contributed by atoms with E-state index in [0.717, 1.165) is 38.4 Å². The molecule has 1 aromatic rings. The van der Waals surface area contributed by atoms with E-state index in [2.05, 4.69) is 62.2 Å². The zero-order valence-corrected chi connectivity index (χ0v) is 13.9. The SMILES string of the molecule is Cc1ccc(OCCCN2CC(C)NCC2C(C)C)cc1. The van der Waals surface area contributed by atoms with Crippen molar-refractivity contribution in [3.8, 4) is 5.75 Å². The van der Waals surface area contributed by atoms with E-state index in [0.29, 0.717) is 18.0 Å². The van der Waals surface area contributed by atoms with Crippen LogP contribution in [-0.4, -0.2) is 43.2 Å². The molecule has 2 unspecified atom stereocenters. The molecule has 3 nitrogen and oxygen atoms in total. The molecular formula is C18H30N2O. The second kappa shape index (κ2) is 7.81. The van der Waals surface area contributed by atoms with Crippen molar-refractivity contribution in [2.24, 2.45) is 5.92 Å². The van der Waals surface area contributed by atoms with Crippen molar-refractivity contribution in [1.29, 1.82) is 0 Å². The van der Waals surface area contributed by atoms with E-state index in [1.807, 2.05) is 0 Å². The molecule has 0 aliphatic carbocycles. The first-order valence-corrected chi connectivity index (χ1v) is 8.23. The Hall–Kier alpha value is -1.06. The monoisotopic (exact) mass is 290 g/mol. The van der Waals surface area contributed by atoms with Crippen LogP contribution in [0.3, 0.4) is 0 Å². The van der Waals surface area contributed by atoms with Crippen molar-refractivity contribution < 1.29 is 4.74 Å². The minimum atomic E-state index is 0.595. The van der Waals surface area contributed by atoms with E-state index in [4.69, 9.17) is 4.74 Å². The fourth-order valence-corrected chi connectivity index (χ4v) is 3.01. The minimum Gasteiger partial charge on any atom is -0.494 e. The molecule has 0 bridgehead atoms. The van der Waals surface area contributed by atoms with E-state index >= 15 is 0 Å². The molecule has 2 rings (SSSR count). The fourth-order valence-electron chi connectivity index (χ4n) is 3.01. The number of hydrogen-bond acceptors (Lipinski definition) is 3. The molecule has 21 heavy (non-hydrogen) atoms. The maximum Gasteiger partial charge on any atom is 0.119 e. The van der Waals surface area contributed by atoms with Crippen molar-refractivity contribution in [3.05, 3.63) is 29.8 Å². The minimum absolute atomic E-state index is 0.595. The Labute approximate surface area is 129 Å². The highest BCUT2D eigenvalue weighted by atomic mass is 16.5. The summed E-state index contributed by atoms with van der Waals surface area (Å²) in [6, 6.07) is 9.56. The predicted octanol–water partition coefficient (Wildman–Crippen LogP) is 3.08. The normalized spacial score (nSPS) is 23.5. The van der Waals surface area contributed by atoms with Crippen LogP contribution in [0, 0.1) is 12.8 Å². The summed E-state index contributed by atoms with van der Waals surface area (Å²) in [4.78, 5) is 2.63. The average Bonchev–Trinajstić information content (AvgIpc) is 2.45. The van der Waals surface area contributed by atoms with Gasteiger partial charge in [-0.2, -0.15) is 0 Å². The molecule has 1 aromatic carbocycles. The lowest BCUT2D eigenvalue weighted by Gasteiger charge is -2.41. The Morgan fingerprint density at radius 1 is 1.29 bits per heavy atom. The maximum absolute atomic E-state index is 5.83. The van der Waals surface area contributed by atoms with Gasteiger partial charge in [0.25, 0.3) is 0 Å². The molecule has 1 fully saturated rings. The first kappa shape index (κ1) is 16.3. The third kappa shape index (κ3) is 5.01. The zero-order chi connectivity index (χ0) is 15.2. The van der Waals surface area contributed by atoms with Crippen LogP contribution in [0.5, 0.6) is 5.75 Å². The summed E-state index contributed by atoms with van der Waals surface area (Å²) in [6.45, 7) is 13.2. The van der Waals surface area contributed by atoms with Gasteiger partial charge in [-0.1, -0.05) is 31.5 Å². The number of aryl methyl sites for hydroxylation is 1. The van der Waals surface area contributed by atoms with Gasteiger partial charge in [0.05, 0.1) is 6.61 Å². The molecule has 1 N–H and O–H groups in total. The van der Waals surface area contributed by atoms with E-state index in [9.17, 15) is 0 Å². The summed E-state index contributed by atoms with van der Waals surface area (Å²) in [7, 11) is 0. The first-order valence-electron chi connectivity index (χ1n) is 8.23. The third-order valence-corrected chi connectivity index (χ3v) is 4.30. The van der Waals surface area contributed by atoms with Gasteiger partial charge in [-0.25, -0.2) is 0 Å². The van der Waals surface area contributed by atoms with Crippen LogP contribution in [0.15, 0.2) is 24.3 Å². The Bertz CT molecular complexity index is 416. The Kier molecular flexibility index (Phi) is 6.07. The van der Waals surface area contributed by atoms with Crippen LogP contribution in [0.2, 0.25) is 0 Å². The van der Waals surface area contributed by atoms with E-state index in [1.54, 1.807) is 0 Å². The molecule has 0 saturated carbocycles. The molecule has 1 aliphatic rings. The molecule has 0 aromatic heterocycles. The van der Waals surface area contributed by atoms with Crippen molar-refractivity contribution in [1.82, 2.24) is 10.2 Å². The van der Waals surface area contributed by atoms with Gasteiger partial charge in [0.15, 0.2) is 0 Å². The Morgan fingerprint density at radius 3 is 2.67 bits per heavy atom. The summed E-state index contributed by atoms with van der Waals surface area (Å²) in [5.41, 5.74) is 1.27. The second-order valence-electron chi connectivity index (χ2n) is 6.63. The van der Waals surface area contributed by atoms with E-state index < -0.39 is 0 Å². The second-order valence-corrected chi connectivity index (χ2v) is 6.63. The smallest absolute Gasteiger partial charge is 0.119 e. The van der Waals surface area contributed by atoms with Gasteiger partial charge in [0.1, 0.15) is 5.75 Å². The molecular weight excluding hydrogens is 260 g/mol. The van der Waals surface area contributed by atoms with Crippen molar-refractivity contribution in [2.45, 2.75) is 46.2 Å². The largest absolute Gasteiger partial charge is 0.494 e. The third-order valence-electron chi connectivity index (χ3n) is 4.30. The van der Waals surface area contributed by atoms with Gasteiger partial charge in [0, 0.05) is 31.7 Å². The molecule has 0 radical (unpaired) electrons. The summed E-state index contributed by atoms with van der Waals surface area (Å²) in [6.07, 6.45) is 1.09. The van der Waals surface area contributed by atoms with Gasteiger partial charge in [0.2, 0.25) is 0 Å². The number of benzene rings is 1. The summed E-state index contributed by atoms with van der Waals surface area (Å²) < 4.78 is 5.83. The topological polar surface area (TPSA) is 24.5 Å². The predicted molar refractivity (Wildman–Crippen MR) is 89.0 cm³/mol. The van der Waals surface area contributed by atoms with Crippen LogP contribution in [0.25, 0.3) is 0 Å². The highest BCUT2D eigenvalue weighted by molar-refractivity contribution is 5.26. The number of rotatable bonds is 6. The quantitative estimate of drug-likeness (QED) is 0.815. The molecule has 1 aliphatic heterocycles. The van der Waals surface area contributed by atoms with Gasteiger partial charge in [-0.3, -0.25) is 4.90 Å². The van der Waals surface area contributed by atoms with E-state index in [1.165, 1.54) is 5.56 Å². The lowest BCUT2D eigenvalue weighted by molar-refractivity contribution is 0.0962. The lowest BCUT2D eigenvalue weighted by Crippen LogP contribution is -2.57. The Morgan fingerprint density at radius 2 is 2.00 bits per heavy atom. The maximum atomic E-state index is 5.83. The van der Waals surface area contributed by atoms with Gasteiger partial charge < -0.3 is 10.1 Å². The summed E-state index contributed by atoms with van der Waals surface area (Å²) in [5, 5.41) is 3.59. The van der Waals surface area contributed by atoms with Crippen LogP contribution >= 0.6 is 0 Å². The lowest BCUT2D eigenvalue weighted by atomic mass is 9.98. The number of ether oxygens (including phenoxy) is 1. The van der Waals surface area contributed by atoms with E-state index in [-0.39, 0.29) is 0 Å². The molecule has 2 atom stereocenters. The molecule has 1 heterocycles. The van der Waals surface area contributed by atoms with Crippen LogP contribution in [-0.2, 0) is 0 Å². The zero-order valence-electron chi connectivity index (χ0n) is 13.9. The Balaban J connectivity index is 1.74. The molecule has 0 spiro atoms. The summed E-state index contributed by atoms with van der Waals surface area (Å²) in [5.74, 6) is 1.68. The molecule has 118 valence electrons. The van der Waals surface area contributed by atoms with Gasteiger partial charge >= 0.3 is 0 Å². The average molecular weight is 290 g/mol. The van der Waals surface area contributed by atoms with Gasteiger partial charge in [-0.15, -0.1) is 0 Å². The van der Waals surface area contributed by atoms with Crippen molar-refractivity contribution in [3.63, 3.8) is 0 Å². The van der Waals surface area contributed by atoms with Gasteiger partial charge in [-0.05, 0) is 38.3 Å². The van der Waals surface area contributed by atoms with Crippen LogP contribution in [0.4, 0.5) is 0 Å². The standard InChI is InChI=1S/C18H30N2O/c1-14(2)18-12-19-16(4)13-20(18)10-5-11-21-17-8-6-15(3)7-9-17/h6-9,14,16,18-19H,5,10-13H2,1-4H3. The summed E-state index contributed by atoms with van der Waals surface area (Å²) >= 11 is 0. The first-order chi connectivity index (χ1) is 10.1. The number of hydrogen-bond donors (Lipinski definition) is 1. The van der Waals surface area contributed by atoms with Crippen LogP contribution in [0.1, 0.15) is 32.8 Å². The van der Waals surface area contributed by atoms with Crippen molar-refractivity contribution >= 4 is 0 Å².